The normalized spacial score (nSPS) is 20.9. The first-order chi connectivity index (χ1) is 8.72. The van der Waals surface area contributed by atoms with Crippen LogP contribution in [0.25, 0.3) is 0 Å². The molecular formula is C13H17ClFNO2. The molecule has 0 unspecified atom stereocenters. The lowest BCUT2D eigenvalue weighted by Gasteiger charge is -2.24. The zero-order chi connectivity index (χ0) is 13.0. The summed E-state index contributed by atoms with van der Waals surface area (Å²) in [6, 6.07) is 4.58. The highest BCUT2D eigenvalue weighted by atomic mass is 35.5. The van der Waals surface area contributed by atoms with Crippen LogP contribution in [0.4, 0.5) is 4.39 Å². The van der Waals surface area contributed by atoms with E-state index in [1.165, 1.54) is 6.07 Å². The molecule has 1 N–H and O–H groups in total. The van der Waals surface area contributed by atoms with Gasteiger partial charge in [-0.1, -0.05) is 17.7 Å². The predicted octanol–water partition coefficient (Wildman–Crippen LogP) is 2.48. The van der Waals surface area contributed by atoms with Crippen LogP contribution in [-0.4, -0.2) is 32.9 Å². The molecule has 0 aliphatic carbocycles. The van der Waals surface area contributed by atoms with Crippen LogP contribution >= 0.6 is 11.6 Å². The Morgan fingerprint density at radius 1 is 1.56 bits per heavy atom. The minimum atomic E-state index is -0.463. The second-order valence-electron chi connectivity index (χ2n) is 4.42. The van der Waals surface area contributed by atoms with Gasteiger partial charge in [-0.3, -0.25) is 0 Å². The van der Waals surface area contributed by atoms with Crippen LogP contribution in [0.1, 0.15) is 6.42 Å². The zero-order valence-electron chi connectivity index (χ0n) is 10.3. The molecule has 2 rings (SSSR count). The van der Waals surface area contributed by atoms with E-state index in [2.05, 4.69) is 5.32 Å². The minimum Gasteiger partial charge on any atom is -0.486 e. The Morgan fingerprint density at radius 2 is 2.39 bits per heavy atom. The summed E-state index contributed by atoms with van der Waals surface area (Å²) in [6.45, 7) is 2.34. The van der Waals surface area contributed by atoms with Crippen molar-refractivity contribution in [3.05, 3.63) is 29.0 Å². The largest absolute Gasteiger partial charge is 0.486 e. The fourth-order valence-corrected chi connectivity index (χ4v) is 2.33. The Morgan fingerprint density at radius 3 is 3.06 bits per heavy atom. The van der Waals surface area contributed by atoms with Crippen LogP contribution in [0.3, 0.4) is 0 Å². The van der Waals surface area contributed by atoms with Gasteiger partial charge in [0.2, 0.25) is 0 Å². The fourth-order valence-electron chi connectivity index (χ4n) is 2.16. The number of hydrogen-bond acceptors (Lipinski definition) is 3. The predicted molar refractivity (Wildman–Crippen MR) is 68.7 cm³/mol. The van der Waals surface area contributed by atoms with Crippen molar-refractivity contribution in [2.45, 2.75) is 12.5 Å². The summed E-state index contributed by atoms with van der Waals surface area (Å²) in [5.74, 6) is 0.282. The van der Waals surface area contributed by atoms with Crippen LogP contribution in [0.15, 0.2) is 18.2 Å². The first kappa shape index (κ1) is 13.6. The molecule has 100 valence electrons. The van der Waals surface area contributed by atoms with Gasteiger partial charge in [-0.15, -0.1) is 0 Å². The molecule has 2 atom stereocenters. The highest BCUT2D eigenvalue weighted by Crippen LogP contribution is 2.29. The third-order valence-corrected chi connectivity index (χ3v) is 3.52. The van der Waals surface area contributed by atoms with Gasteiger partial charge in [0.25, 0.3) is 0 Å². The molecule has 1 aromatic carbocycles. The summed E-state index contributed by atoms with van der Waals surface area (Å²) < 4.78 is 24.3. The van der Waals surface area contributed by atoms with Crippen molar-refractivity contribution < 1.29 is 13.9 Å². The maximum Gasteiger partial charge on any atom is 0.145 e. The van der Waals surface area contributed by atoms with Crippen molar-refractivity contribution in [2.24, 2.45) is 5.92 Å². The van der Waals surface area contributed by atoms with Crippen LogP contribution in [-0.2, 0) is 4.74 Å². The van der Waals surface area contributed by atoms with Gasteiger partial charge in [0.15, 0.2) is 0 Å². The van der Waals surface area contributed by atoms with Crippen molar-refractivity contribution in [3.63, 3.8) is 0 Å². The number of benzene rings is 1. The van der Waals surface area contributed by atoms with Gasteiger partial charge in [0.05, 0.1) is 6.61 Å². The van der Waals surface area contributed by atoms with Gasteiger partial charge in [-0.05, 0) is 25.1 Å². The number of hydrogen-bond donors (Lipinski definition) is 1. The lowest BCUT2D eigenvalue weighted by atomic mass is 10.0. The number of ether oxygens (including phenoxy) is 2. The van der Waals surface area contributed by atoms with E-state index in [0.717, 1.165) is 19.5 Å². The van der Waals surface area contributed by atoms with E-state index < -0.39 is 5.82 Å². The molecule has 1 aliphatic heterocycles. The molecule has 0 saturated carbocycles. The minimum absolute atomic E-state index is 0.0320. The Bertz CT molecular complexity index is 397. The van der Waals surface area contributed by atoms with E-state index in [4.69, 9.17) is 21.1 Å². The molecule has 3 nitrogen and oxygen atoms in total. The summed E-state index contributed by atoms with van der Waals surface area (Å²) >= 11 is 5.89. The molecule has 0 aromatic heterocycles. The third-order valence-electron chi connectivity index (χ3n) is 3.15. The Labute approximate surface area is 111 Å². The maximum atomic E-state index is 13.3. The number of methoxy groups -OCH3 is 1. The van der Waals surface area contributed by atoms with Crippen LogP contribution in [0, 0.1) is 11.7 Å². The van der Waals surface area contributed by atoms with Gasteiger partial charge in [-0.2, -0.15) is 0 Å². The zero-order valence-corrected chi connectivity index (χ0v) is 11.0. The second kappa shape index (κ2) is 6.36. The first-order valence-corrected chi connectivity index (χ1v) is 6.40. The van der Waals surface area contributed by atoms with Crippen LogP contribution < -0.4 is 10.1 Å². The molecular weight excluding hydrogens is 257 g/mol. The van der Waals surface area contributed by atoms with E-state index in [0.29, 0.717) is 18.3 Å². The quantitative estimate of drug-likeness (QED) is 0.894. The van der Waals surface area contributed by atoms with Gasteiger partial charge >= 0.3 is 0 Å². The van der Waals surface area contributed by atoms with Crippen molar-refractivity contribution in [1.82, 2.24) is 5.32 Å². The van der Waals surface area contributed by atoms with Crippen molar-refractivity contribution in [2.75, 3.05) is 26.8 Å². The van der Waals surface area contributed by atoms with Gasteiger partial charge in [0, 0.05) is 19.6 Å². The number of nitrogens with one attached hydrogen (secondary N) is 1. The van der Waals surface area contributed by atoms with Crippen LogP contribution in [0.5, 0.6) is 5.75 Å². The number of rotatable bonds is 5. The van der Waals surface area contributed by atoms with E-state index in [1.54, 1.807) is 19.2 Å². The fraction of sp³-hybridized carbons (Fsp3) is 0.538. The van der Waals surface area contributed by atoms with Gasteiger partial charge in [-0.25, -0.2) is 4.39 Å². The van der Waals surface area contributed by atoms with Crippen molar-refractivity contribution in [3.8, 4) is 5.75 Å². The SMILES string of the molecule is COC[C@@H](Oc1cccc(F)c1Cl)[C@H]1CCNC1. The molecule has 18 heavy (non-hydrogen) atoms. The van der Waals surface area contributed by atoms with Gasteiger partial charge < -0.3 is 14.8 Å². The smallest absolute Gasteiger partial charge is 0.145 e. The molecule has 1 aliphatic rings. The van der Waals surface area contributed by atoms with Crippen LogP contribution in [0.2, 0.25) is 5.02 Å². The van der Waals surface area contributed by atoms with Crippen molar-refractivity contribution in [1.29, 1.82) is 0 Å². The average Bonchev–Trinajstić information content (AvgIpc) is 2.88. The molecule has 5 heteroatoms. The number of halogens is 2. The summed E-state index contributed by atoms with van der Waals surface area (Å²) in [6.07, 6.45) is 0.922. The molecule has 1 fully saturated rings. The van der Waals surface area contributed by atoms with Crippen molar-refractivity contribution >= 4 is 11.6 Å². The summed E-state index contributed by atoms with van der Waals surface area (Å²) in [4.78, 5) is 0. The molecule has 0 bridgehead atoms. The Hall–Kier alpha value is -0.840. The standard InChI is InChI=1S/C13H17ClFNO2/c1-17-8-12(9-5-6-16-7-9)18-11-4-2-3-10(15)13(11)14/h2-4,9,12,16H,5-8H2,1H3/t9-,12+/m0/s1. The summed E-state index contributed by atoms with van der Waals surface area (Å²) in [7, 11) is 1.63. The summed E-state index contributed by atoms with van der Waals surface area (Å²) in [5.41, 5.74) is 0. The maximum absolute atomic E-state index is 13.3. The topological polar surface area (TPSA) is 30.5 Å². The lowest BCUT2D eigenvalue weighted by molar-refractivity contribution is 0.0481. The van der Waals surface area contributed by atoms with E-state index >= 15 is 0 Å². The highest BCUT2D eigenvalue weighted by molar-refractivity contribution is 6.32. The molecule has 1 saturated heterocycles. The molecule has 1 aromatic rings. The van der Waals surface area contributed by atoms with E-state index in [9.17, 15) is 4.39 Å². The Balaban J connectivity index is 2.10. The monoisotopic (exact) mass is 273 g/mol. The summed E-state index contributed by atoms with van der Waals surface area (Å²) in [5, 5.41) is 3.31. The van der Waals surface area contributed by atoms with Gasteiger partial charge in [0.1, 0.15) is 22.7 Å². The lowest BCUT2D eigenvalue weighted by Crippen LogP contribution is -2.33. The Kier molecular flexibility index (Phi) is 4.80. The average molecular weight is 274 g/mol. The van der Waals surface area contributed by atoms with E-state index in [1.807, 2.05) is 0 Å². The second-order valence-corrected chi connectivity index (χ2v) is 4.79. The molecule has 0 radical (unpaired) electrons. The molecule has 0 amide bonds. The first-order valence-electron chi connectivity index (χ1n) is 6.02. The molecule has 0 spiro atoms. The highest BCUT2D eigenvalue weighted by Gasteiger charge is 2.27. The third kappa shape index (κ3) is 3.13. The van der Waals surface area contributed by atoms with E-state index in [-0.39, 0.29) is 11.1 Å². The molecule has 1 heterocycles.